The summed E-state index contributed by atoms with van der Waals surface area (Å²) in [7, 11) is 1.72. The summed E-state index contributed by atoms with van der Waals surface area (Å²) in [5.74, 6) is 1.20. The third kappa shape index (κ3) is 4.35. The topological polar surface area (TPSA) is 35.2 Å². The predicted molar refractivity (Wildman–Crippen MR) is 98.4 cm³/mol. The minimum Gasteiger partial charge on any atom is -0.496 e. The summed E-state index contributed by atoms with van der Waals surface area (Å²) < 4.78 is 5.53. The molecule has 0 radical (unpaired) electrons. The molecule has 23 heavy (non-hydrogen) atoms. The molecule has 0 amide bonds. The first-order valence-corrected chi connectivity index (χ1v) is 8.29. The molecule has 1 atom stereocenters. The highest BCUT2D eigenvalue weighted by Crippen LogP contribution is 2.30. The lowest BCUT2D eigenvalue weighted by atomic mass is 9.85. The van der Waals surface area contributed by atoms with Gasteiger partial charge < -0.3 is 10.5 Å². The molecule has 0 aromatic heterocycles. The molecule has 124 valence electrons. The monoisotopic (exact) mass is 311 g/mol. The van der Waals surface area contributed by atoms with Crippen molar-refractivity contribution in [3.63, 3.8) is 0 Å². The zero-order valence-electron chi connectivity index (χ0n) is 15.0. The van der Waals surface area contributed by atoms with Crippen LogP contribution in [0.2, 0.25) is 0 Å². The quantitative estimate of drug-likeness (QED) is 0.877. The van der Waals surface area contributed by atoms with Crippen LogP contribution in [0.15, 0.2) is 42.5 Å². The lowest BCUT2D eigenvalue weighted by Gasteiger charge is -2.21. The SMILES string of the molecule is COc1ccc(C)cc1C(CN)Cc1ccc(C(C)(C)C)cc1. The lowest BCUT2D eigenvalue weighted by molar-refractivity contribution is 0.405. The summed E-state index contributed by atoms with van der Waals surface area (Å²) in [6.07, 6.45) is 0.931. The van der Waals surface area contributed by atoms with Gasteiger partial charge in [-0.2, -0.15) is 0 Å². The van der Waals surface area contributed by atoms with Crippen molar-refractivity contribution in [2.24, 2.45) is 5.73 Å². The molecular formula is C21H29NO. The number of rotatable bonds is 5. The summed E-state index contributed by atoms with van der Waals surface area (Å²) >= 11 is 0. The van der Waals surface area contributed by atoms with Gasteiger partial charge in [0.1, 0.15) is 5.75 Å². The normalized spacial score (nSPS) is 13.0. The second-order valence-corrected chi connectivity index (χ2v) is 7.33. The van der Waals surface area contributed by atoms with E-state index >= 15 is 0 Å². The van der Waals surface area contributed by atoms with Crippen molar-refractivity contribution >= 4 is 0 Å². The molecule has 2 nitrogen and oxygen atoms in total. The fraction of sp³-hybridized carbons (Fsp3) is 0.429. The van der Waals surface area contributed by atoms with E-state index in [-0.39, 0.29) is 11.3 Å². The maximum atomic E-state index is 6.07. The number of benzene rings is 2. The molecule has 0 heterocycles. The molecule has 2 rings (SSSR count). The van der Waals surface area contributed by atoms with E-state index in [1.807, 2.05) is 6.07 Å². The summed E-state index contributed by atoms with van der Waals surface area (Å²) in [5, 5.41) is 0. The molecule has 0 saturated heterocycles. The van der Waals surface area contributed by atoms with Crippen molar-refractivity contribution in [1.82, 2.24) is 0 Å². The third-order valence-electron chi connectivity index (χ3n) is 4.41. The Hall–Kier alpha value is -1.80. The van der Waals surface area contributed by atoms with E-state index in [4.69, 9.17) is 10.5 Å². The van der Waals surface area contributed by atoms with Crippen LogP contribution in [0.5, 0.6) is 5.75 Å². The van der Waals surface area contributed by atoms with Gasteiger partial charge in [0, 0.05) is 5.92 Å². The molecule has 0 bridgehead atoms. The van der Waals surface area contributed by atoms with Crippen LogP contribution in [0, 0.1) is 6.92 Å². The van der Waals surface area contributed by atoms with Crippen molar-refractivity contribution in [3.8, 4) is 5.75 Å². The summed E-state index contributed by atoms with van der Waals surface area (Å²) in [5.41, 5.74) is 11.4. The van der Waals surface area contributed by atoms with E-state index in [1.165, 1.54) is 22.3 Å². The van der Waals surface area contributed by atoms with E-state index in [9.17, 15) is 0 Å². The molecule has 2 aromatic carbocycles. The minimum atomic E-state index is 0.186. The van der Waals surface area contributed by atoms with Gasteiger partial charge in [-0.15, -0.1) is 0 Å². The maximum Gasteiger partial charge on any atom is 0.122 e. The molecule has 2 heteroatoms. The van der Waals surface area contributed by atoms with Gasteiger partial charge >= 0.3 is 0 Å². The van der Waals surface area contributed by atoms with Crippen LogP contribution < -0.4 is 10.5 Å². The maximum absolute atomic E-state index is 6.07. The third-order valence-corrected chi connectivity index (χ3v) is 4.41. The molecule has 0 spiro atoms. The van der Waals surface area contributed by atoms with Gasteiger partial charge in [0.05, 0.1) is 7.11 Å². The highest BCUT2D eigenvalue weighted by atomic mass is 16.5. The van der Waals surface area contributed by atoms with E-state index in [0.29, 0.717) is 6.54 Å². The van der Waals surface area contributed by atoms with Gasteiger partial charge in [-0.3, -0.25) is 0 Å². The van der Waals surface area contributed by atoms with Crippen molar-refractivity contribution in [3.05, 3.63) is 64.7 Å². The van der Waals surface area contributed by atoms with Gasteiger partial charge in [-0.1, -0.05) is 62.7 Å². The highest BCUT2D eigenvalue weighted by Gasteiger charge is 2.17. The van der Waals surface area contributed by atoms with Crippen molar-refractivity contribution < 1.29 is 4.74 Å². The largest absolute Gasteiger partial charge is 0.496 e. The average molecular weight is 311 g/mol. The Balaban J connectivity index is 2.25. The van der Waals surface area contributed by atoms with Crippen LogP contribution in [0.4, 0.5) is 0 Å². The predicted octanol–water partition coefficient (Wildman–Crippen LogP) is 4.59. The minimum absolute atomic E-state index is 0.186. The number of hydrogen-bond acceptors (Lipinski definition) is 2. The second-order valence-electron chi connectivity index (χ2n) is 7.33. The Kier molecular flexibility index (Phi) is 5.48. The summed E-state index contributed by atoms with van der Waals surface area (Å²) in [6.45, 7) is 9.43. The first kappa shape index (κ1) is 17.6. The number of aryl methyl sites for hydroxylation is 1. The molecule has 2 aromatic rings. The van der Waals surface area contributed by atoms with E-state index in [0.717, 1.165) is 12.2 Å². The van der Waals surface area contributed by atoms with E-state index in [1.54, 1.807) is 7.11 Å². The van der Waals surface area contributed by atoms with Gasteiger partial charge in [0.15, 0.2) is 0 Å². The van der Waals surface area contributed by atoms with Gasteiger partial charge in [0.25, 0.3) is 0 Å². The smallest absolute Gasteiger partial charge is 0.122 e. The van der Waals surface area contributed by atoms with Crippen molar-refractivity contribution in [2.75, 3.05) is 13.7 Å². The van der Waals surface area contributed by atoms with Gasteiger partial charge in [0.2, 0.25) is 0 Å². The molecule has 2 N–H and O–H groups in total. The first-order valence-electron chi connectivity index (χ1n) is 8.29. The molecule has 0 fully saturated rings. The molecule has 0 saturated carbocycles. The summed E-state index contributed by atoms with van der Waals surface area (Å²) in [6, 6.07) is 15.2. The number of nitrogens with two attached hydrogens (primary N) is 1. The van der Waals surface area contributed by atoms with Crippen LogP contribution in [-0.4, -0.2) is 13.7 Å². The van der Waals surface area contributed by atoms with Crippen molar-refractivity contribution in [1.29, 1.82) is 0 Å². The Bertz CT molecular complexity index is 638. The van der Waals surface area contributed by atoms with Crippen molar-refractivity contribution in [2.45, 2.75) is 45.4 Å². The number of ether oxygens (including phenoxy) is 1. The van der Waals surface area contributed by atoms with Crippen LogP contribution in [-0.2, 0) is 11.8 Å². The Labute approximate surface area is 140 Å². The average Bonchev–Trinajstić information content (AvgIpc) is 2.52. The van der Waals surface area contributed by atoms with Gasteiger partial charge in [-0.05, 0) is 48.1 Å². The highest BCUT2D eigenvalue weighted by molar-refractivity contribution is 5.41. The Morgan fingerprint density at radius 2 is 1.70 bits per heavy atom. The molecular weight excluding hydrogens is 282 g/mol. The van der Waals surface area contributed by atoms with E-state index in [2.05, 4.69) is 64.1 Å². The van der Waals surface area contributed by atoms with Crippen LogP contribution in [0.1, 0.15) is 48.9 Å². The Morgan fingerprint density at radius 3 is 2.22 bits per heavy atom. The zero-order chi connectivity index (χ0) is 17.0. The Morgan fingerprint density at radius 1 is 1.04 bits per heavy atom. The fourth-order valence-corrected chi connectivity index (χ4v) is 2.92. The fourth-order valence-electron chi connectivity index (χ4n) is 2.92. The van der Waals surface area contributed by atoms with Crippen LogP contribution in [0.25, 0.3) is 0 Å². The van der Waals surface area contributed by atoms with E-state index < -0.39 is 0 Å². The number of hydrogen-bond donors (Lipinski definition) is 1. The summed E-state index contributed by atoms with van der Waals surface area (Å²) in [4.78, 5) is 0. The number of methoxy groups -OCH3 is 1. The second kappa shape index (κ2) is 7.18. The van der Waals surface area contributed by atoms with Gasteiger partial charge in [-0.25, -0.2) is 0 Å². The van der Waals surface area contributed by atoms with Crippen LogP contribution in [0.3, 0.4) is 0 Å². The lowest BCUT2D eigenvalue weighted by Crippen LogP contribution is -2.16. The molecule has 0 aliphatic rings. The molecule has 1 unspecified atom stereocenters. The first-order chi connectivity index (χ1) is 10.8. The molecule has 0 aliphatic carbocycles. The van der Waals surface area contributed by atoms with Crippen LogP contribution >= 0.6 is 0 Å². The molecule has 0 aliphatic heterocycles. The zero-order valence-corrected chi connectivity index (χ0v) is 15.0. The standard InChI is InChI=1S/C21H29NO/c1-15-6-11-20(23-5)19(12-15)17(14-22)13-16-7-9-18(10-8-16)21(2,3)4/h6-12,17H,13-14,22H2,1-5H3.